The molecule has 2 aromatic rings. The number of hydrazone groups is 1. The van der Waals surface area contributed by atoms with Crippen LogP contribution in [0.25, 0.3) is 0 Å². The molecule has 0 bridgehead atoms. The van der Waals surface area contributed by atoms with E-state index in [1.54, 1.807) is 11.4 Å². The Morgan fingerprint density at radius 2 is 2.40 bits per heavy atom. The first-order valence-electron chi connectivity index (χ1n) is 5.30. The number of nitrogen functional groups attached to an aromatic ring is 1. The van der Waals surface area contributed by atoms with Crippen LogP contribution in [0.3, 0.4) is 0 Å². The molecule has 2 aromatic heterocycles. The Kier molecular flexibility index (Phi) is 4.38. The van der Waals surface area contributed by atoms with Crippen LogP contribution in [0, 0.1) is 10.1 Å². The maximum Gasteiger partial charge on any atom is 0.324 e. The summed E-state index contributed by atoms with van der Waals surface area (Å²) in [6, 6.07) is 2.94. The van der Waals surface area contributed by atoms with Crippen LogP contribution in [0.1, 0.15) is 10.6 Å². The van der Waals surface area contributed by atoms with Crippen molar-refractivity contribution < 1.29 is 9.72 Å². The van der Waals surface area contributed by atoms with Crippen molar-refractivity contribution >= 4 is 44.9 Å². The van der Waals surface area contributed by atoms with Gasteiger partial charge in [-0.05, 0) is 6.07 Å². The first-order valence-corrected chi connectivity index (χ1v) is 7.00. The average molecular weight is 311 g/mol. The molecule has 0 aliphatic carbocycles. The third kappa shape index (κ3) is 3.83. The molecular formula is C10H9N5O3S2. The monoisotopic (exact) mass is 311 g/mol. The number of nitrogens with zero attached hydrogens (tertiary/aromatic N) is 3. The second-order valence-electron chi connectivity index (χ2n) is 3.58. The van der Waals surface area contributed by atoms with E-state index in [0.717, 1.165) is 11.3 Å². The topological polar surface area (TPSA) is 124 Å². The highest BCUT2D eigenvalue weighted by molar-refractivity contribution is 7.16. The molecule has 10 heteroatoms. The van der Waals surface area contributed by atoms with Crippen LogP contribution in [0.5, 0.6) is 0 Å². The quantitative estimate of drug-likeness (QED) is 0.490. The smallest absolute Gasteiger partial charge is 0.324 e. The molecule has 20 heavy (non-hydrogen) atoms. The number of anilines is 1. The molecule has 0 aliphatic heterocycles. The summed E-state index contributed by atoms with van der Waals surface area (Å²) < 4.78 is 0. The molecular weight excluding hydrogens is 302 g/mol. The Bertz CT molecular complexity index is 663. The second kappa shape index (κ2) is 6.21. The van der Waals surface area contributed by atoms with E-state index in [-0.39, 0.29) is 17.3 Å². The summed E-state index contributed by atoms with van der Waals surface area (Å²) in [4.78, 5) is 26.1. The van der Waals surface area contributed by atoms with Gasteiger partial charge in [0.15, 0.2) is 5.13 Å². The lowest BCUT2D eigenvalue weighted by molar-refractivity contribution is -0.380. The molecule has 0 aliphatic rings. The molecule has 0 saturated heterocycles. The van der Waals surface area contributed by atoms with Crippen LogP contribution >= 0.6 is 22.7 Å². The molecule has 0 aromatic carbocycles. The van der Waals surface area contributed by atoms with Crippen molar-refractivity contribution in [1.29, 1.82) is 0 Å². The molecule has 104 valence electrons. The highest BCUT2D eigenvalue weighted by atomic mass is 32.1. The number of amides is 1. The minimum atomic E-state index is -0.479. The molecule has 0 unspecified atom stereocenters. The zero-order valence-corrected chi connectivity index (χ0v) is 11.6. The highest BCUT2D eigenvalue weighted by Gasteiger charge is 2.08. The van der Waals surface area contributed by atoms with Gasteiger partial charge in [0, 0.05) is 11.4 Å². The minimum Gasteiger partial charge on any atom is -0.375 e. The van der Waals surface area contributed by atoms with E-state index in [2.05, 4.69) is 15.5 Å². The average Bonchev–Trinajstić information content (AvgIpc) is 2.99. The van der Waals surface area contributed by atoms with Crippen LogP contribution < -0.4 is 11.2 Å². The number of thiophene rings is 1. The Morgan fingerprint density at radius 1 is 1.60 bits per heavy atom. The summed E-state index contributed by atoms with van der Waals surface area (Å²) in [6.07, 6.45) is 1.43. The zero-order valence-electron chi connectivity index (χ0n) is 9.98. The van der Waals surface area contributed by atoms with E-state index in [1.165, 1.54) is 23.6 Å². The number of rotatable bonds is 5. The summed E-state index contributed by atoms with van der Waals surface area (Å²) in [7, 11) is 0. The number of hydrogen-bond donors (Lipinski definition) is 2. The molecule has 1 amide bonds. The Labute approximate surface area is 121 Å². The molecule has 0 fully saturated rings. The number of nitrogens with one attached hydrogen (secondary N) is 1. The number of thiazole rings is 1. The molecule has 2 heterocycles. The Balaban J connectivity index is 1.86. The van der Waals surface area contributed by atoms with E-state index >= 15 is 0 Å². The van der Waals surface area contributed by atoms with Gasteiger partial charge in [-0.15, -0.1) is 11.3 Å². The van der Waals surface area contributed by atoms with Gasteiger partial charge in [0.1, 0.15) is 0 Å². The van der Waals surface area contributed by atoms with Gasteiger partial charge in [0.05, 0.1) is 28.1 Å². The van der Waals surface area contributed by atoms with Crippen LogP contribution in [0.4, 0.5) is 10.1 Å². The lowest BCUT2D eigenvalue weighted by Crippen LogP contribution is -2.19. The fraction of sp³-hybridized carbons (Fsp3) is 0.100. The van der Waals surface area contributed by atoms with Gasteiger partial charge in [0.2, 0.25) is 5.91 Å². The van der Waals surface area contributed by atoms with Crippen LogP contribution in [0.2, 0.25) is 0 Å². The van der Waals surface area contributed by atoms with Crippen molar-refractivity contribution in [2.24, 2.45) is 5.10 Å². The van der Waals surface area contributed by atoms with Gasteiger partial charge in [-0.25, -0.2) is 10.4 Å². The first-order chi connectivity index (χ1) is 9.54. The number of nitro groups is 1. The fourth-order valence-corrected chi connectivity index (χ4v) is 2.54. The van der Waals surface area contributed by atoms with Gasteiger partial charge < -0.3 is 5.73 Å². The maximum atomic E-state index is 11.5. The standard InChI is InChI=1S/C10H9N5O3S2/c11-10-13-6(5-19-10)3-8(16)14-12-4-7-1-2-9(20-7)15(17)18/h1-2,4-5H,3H2,(H2,11,13)(H,14,16)/b12-4-. The second-order valence-corrected chi connectivity index (χ2v) is 5.56. The molecule has 3 N–H and O–H groups in total. The van der Waals surface area contributed by atoms with E-state index in [9.17, 15) is 14.9 Å². The predicted octanol–water partition coefficient (Wildman–Crippen LogP) is 1.39. The van der Waals surface area contributed by atoms with Crippen molar-refractivity contribution in [3.63, 3.8) is 0 Å². The number of aromatic nitrogens is 1. The van der Waals surface area contributed by atoms with Crippen LogP contribution in [-0.2, 0) is 11.2 Å². The summed E-state index contributed by atoms with van der Waals surface area (Å²) in [5.74, 6) is -0.336. The molecule has 8 nitrogen and oxygen atoms in total. The normalized spacial score (nSPS) is 10.8. The summed E-state index contributed by atoms with van der Waals surface area (Å²) in [5, 5.41) is 16.3. The lowest BCUT2D eigenvalue weighted by Gasteiger charge is -1.95. The third-order valence-corrected chi connectivity index (χ3v) is 3.78. The summed E-state index contributed by atoms with van der Waals surface area (Å²) >= 11 is 2.23. The number of nitrogens with two attached hydrogens (primary N) is 1. The fourth-order valence-electron chi connectivity index (χ4n) is 1.29. The predicted molar refractivity (Wildman–Crippen MR) is 76.9 cm³/mol. The lowest BCUT2D eigenvalue weighted by atomic mass is 10.3. The maximum absolute atomic E-state index is 11.5. The summed E-state index contributed by atoms with van der Waals surface area (Å²) in [5.41, 5.74) is 8.34. The third-order valence-electron chi connectivity index (χ3n) is 2.08. The van der Waals surface area contributed by atoms with E-state index in [1.807, 2.05) is 0 Å². The summed E-state index contributed by atoms with van der Waals surface area (Å²) in [6.45, 7) is 0. The minimum absolute atomic E-state index is 0.0238. The van der Waals surface area contributed by atoms with Crippen LogP contribution in [-0.4, -0.2) is 22.0 Å². The first kappa shape index (κ1) is 14.1. The van der Waals surface area contributed by atoms with Crippen molar-refractivity contribution in [3.8, 4) is 0 Å². The van der Waals surface area contributed by atoms with Gasteiger partial charge in [-0.1, -0.05) is 11.3 Å². The van der Waals surface area contributed by atoms with E-state index < -0.39 is 4.92 Å². The van der Waals surface area contributed by atoms with Crippen molar-refractivity contribution in [3.05, 3.63) is 38.2 Å². The van der Waals surface area contributed by atoms with Crippen molar-refractivity contribution in [2.75, 3.05) is 5.73 Å². The van der Waals surface area contributed by atoms with E-state index in [4.69, 9.17) is 5.73 Å². The molecule has 2 rings (SSSR count). The van der Waals surface area contributed by atoms with Gasteiger partial charge in [0.25, 0.3) is 0 Å². The molecule has 0 spiro atoms. The molecule has 0 saturated carbocycles. The van der Waals surface area contributed by atoms with Gasteiger partial charge in [-0.2, -0.15) is 5.10 Å². The Morgan fingerprint density at radius 3 is 3.00 bits per heavy atom. The zero-order chi connectivity index (χ0) is 14.5. The highest BCUT2D eigenvalue weighted by Crippen LogP contribution is 2.22. The Hall–Kier alpha value is -2.33. The largest absolute Gasteiger partial charge is 0.375 e. The molecule has 0 radical (unpaired) electrons. The number of hydrogen-bond acceptors (Lipinski definition) is 8. The van der Waals surface area contributed by atoms with E-state index in [0.29, 0.717) is 15.7 Å². The van der Waals surface area contributed by atoms with Crippen molar-refractivity contribution in [1.82, 2.24) is 10.4 Å². The van der Waals surface area contributed by atoms with Crippen molar-refractivity contribution in [2.45, 2.75) is 6.42 Å². The van der Waals surface area contributed by atoms with Gasteiger partial charge >= 0.3 is 5.00 Å². The van der Waals surface area contributed by atoms with Crippen LogP contribution in [0.15, 0.2) is 22.6 Å². The number of carbonyl (C=O) groups excluding carboxylic acids is 1. The SMILES string of the molecule is Nc1nc(CC(=O)N/N=C\c2ccc([N+](=O)[O-])s2)cs1. The number of carbonyl (C=O) groups is 1. The molecule has 0 atom stereocenters. The van der Waals surface area contributed by atoms with Gasteiger partial charge in [-0.3, -0.25) is 14.9 Å².